The van der Waals surface area contributed by atoms with E-state index in [1.807, 2.05) is 13.8 Å². The smallest absolute Gasteiger partial charge is 0.255 e. The highest BCUT2D eigenvalue weighted by Gasteiger charge is 2.27. The molecule has 100 valence electrons. The quantitative estimate of drug-likeness (QED) is 0.781. The number of amides is 1. The van der Waals surface area contributed by atoms with E-state index in [1.165, 1.54) is 6.07 Å². The summed E-state index contributed by atoms with van der Waals surface area (Å²) in [6.07, 6.45) is 1.50. The van der Waals surface area contributed by atoms with Crippen LogP contribution in [0, 0.1) is 0 Å². The first-order chi connectivity index (χ1) is 8.48. The SMILES string of the molecule is CCC(CC)(CN)NC(=O)c1cc(Br)ccc1O. The molecule has 0 aliphatic heterocycles. The first kappa shape index (κ1) is 15.0. The van der Waals surface area contributed by atoms with Crippen molar-refractivity contribution in [2.75, 3.05) is 6.54 Å². The van der Waals surface area contributed by atoms with E-state index in [2.05, 4.69) is 21.2 Å². The van der Waals surface area contributed by atoms with Gasteiger partial charge in [-0.1, -0.05) is 29.8 Å². The standard InChI is InChI=1S/C13H19BrN2O2/c1-3-13(4-2,8-15)16-12(18)10-7-9(14)5-6-11(10)17/h5-7,17H,3-4,8,15H2,1-2H3,(H,16,18). The zero-order chi connectivity index (χ0) is 13.8. The van der Waals surface area contributed by atoms with Gasteiger partial charge in [-0.15, -0.1) is 0 Å². The molecule has 0 heterocycles. The Morgan fingerprint density at radius 1 is 1.44 bits per heavy atom. The summed E-state index contributed by atoms with van der Waals surface area (Å²) in [5, 5.41) is 12.6. The molecular weight excluding hydrogens is 296 g/mol. The van der Waals surface area contributed by atoms with E-state index in [1.54, 1.807) is 12.1 Å². The summed E-state index contributed by atoms with van der Waals surface area (Å²) in [4.78, 5) is 12.2. The molecule has 0 bridgehead atoms. The van der Waals surface area contributed by atoms with Crippen molar-refractivity contribution in [3.63, 3.8) is 0 Å². The zero-order valence-electron chi connectivity index (χ0n) is 10.7. The number of hydrogen-bond donors (Lipinski definition) is 3. The maximum absolute atomic E-state index is 12.2. The van der Waals surface area contributed by atoms with Crippen molar-refractivity contribution in [2.45, 2.75) is 32.2 Å². The van der Waals surface area contributed by atoms with Crippen molar-refractivity contribution in [1.29, 1.82) is 0 Å². The normalized spacial score (nSPS) is 11.3. The van der Waals surface area contributed by atoms with Gasteiger partial charge in [-0.3, -0.25) is 4.79 Å². The molecule has 0 aliphatic carbocycles. The van der Waals surface area contributed by atoms with E-state index in [0.29, 0.717) is 6.54 Å². The number of phenolic OH excluding ortho intramolecular Hbond substituents is 1. The maximum atomic E-state index is 12.2. The van der Waals surface area contributed by atoms with E-state index in [9.17, 15) is 9.90 Å². The molecule has 0 saturated carbocycles. The van der Waals surface area contributed by atoms with Crippen LogP contribution in [0.4, 0.5) is 0 Å². The van der Waals surface area contributed by atoms with E-state index >= 15 is 0 Å². The van der Waals surface area contributed by atoms with Gasteiger partial charge in [-0.05, 0) is 31.0 Å². The summed E-state index contributed by atoms with van der Waals surface area (Å²) in [6, 6.07) is 4.76. The Bertz CT molecular complexity index is 423. The van der Waals surface area contributed by atoms with Gasteiger partial charge in [0.2, 0.25) is 0 Å². The number of aromatic hydroxyl groups is 1. The predicted octanol–water partition coefficient (Wildman–Crippen LogP) is 2.40. The van der Waals surface area contributed by atoms with Crippen LogP contribution >= 0.6 is 15.9 Å². The lowest BCUT2D eigenvalue weighted by atomic mass is 9.92. The molecule has 0 spiro atoms. The highest BCUT2D eigenvalue weighted by Crippen LogP contribution is 2.23. The van der Waals surface area contributed by atoms with E-state index in [-0.39, 0.29) is 17.2 Å². The lowest BCUT2D eigenvalue weighted by Crippen LogP contribution is -2.52. The van der Waals surface area contributed by atoms with Gasteiger partial charge in [-0.25, -0.2) is 0 Å². The molecule has 1 amide bonds. The lowest BCUT2D eigenvalue weighted by molar-refractivity contribution is 0.0892. The largest absolute Gasteiger partial charge is 0.507 e. The van der Waals surface area contributed by atoms with Crippen LogP contribution in [0.5, 0.6) is 5.75 Å². The van der Waals surface area contributed by atoms with Gasteiger partial charge in [0.05, 0.1) is 11.1 Å². The topological polar surface area (TPSA) is 75.3 Å². The van der Waals surface area contributed by atoms with Crippen LogP contribution in [0.25, 0.3) is 0 Å². The van der Waals surface area contributed by atoms with Gasteiger partial charge in [0.25, 0.3) is 5.91 Å². The first-order valence-corrected chi connectivity index (χ1v) is 6.78. The molecule has 1 rings (SSSR count). The molecule has 4 nitrogen and oxygen atoms in total. The van der Waals surface area contributed by atoms with Crippen LogP contribution < -0.4 is 11.1 Å². The third-order valence-electron chi connectivity index (χ3n) is 3.33. The molecular formula is C13H19BrN2O2. The van der Waals surface area contributed by atoms with Crippen molar-refractivity contribution < 1.29 is 9.90 Å². The molecule has 4 N–H and O–H groups in total. The van der Waals surface area contributed by atoms with Crippen molar-refractivity contribution >= 4 is 21.8 Å². The number of carbonyl (C=O) groups is 1. The zero-order valence-corrected chi connectivity index (χ0v) is 12.3. The Labute approximate surface area is 116 Å². The van der Waals surface area contributed by atoms with Crippen LogP contribution in [0.2, 0.25) is 0 Å². The Morgan fingerprint density at radius 3 is 2.56 bits per heavy atom. The van der Waals surface area contributed by atoms with Crippen molar-refractivity contribution in [2.24, 2.45) is 5.73 Å². The van der Waals surface area contributed by atoms with Crippen LogP contribution in [-0.4, -0.2) is 23.1 Å². The van der Waals surface area contributed by atoms with Gasteiger partial charge < -0.3 is 16.2 Å². The number of nitrogens with one attached hydrogen (secondary N) is 1. The lowest BCUT2D eigenvalue weighted by Gasteiger charge is -2.31. The molecule has 18 heavy (non-hydrogen) atoms. The minimum Gasteiger partial charge on any atom is -0.507 e. The van der Waals surface area contributed by atoms with Crippen LogP contribution in [0.3, 0.4) is 0 Å². The average Bonchev–Trinajstić information content (AvgIpc) is 2.38. The van der Waals surface area contributed by atoms with E-state index in [4.69, 9.17) is 5.73 Å². The van der Waals surface area contributed by atoms with Crippen LogP contribution in [-0.2, 0) is 0 Å². The van der Waals surface area contributed by atoms with Gasteiger partial charge in [0, 0.05) is 11.0 Å². The fourth-order valence-corrected chi connectivity index (χ4v) is 2.13. The van der Waals surface area contributed by atoms with Gasteiger partial charge in [0.1, 0.15) is 5.75 Å². The first-order valence-electron chi connectivity index (χ1n) is 5.99. The molecule has 0 fully saturated rings. The van der Waals surface area contributed by atoms with Crippen LogP contribution in [0.15, 0.2) is 22.7 Å². The average molecular weight is 315 g/mol. The third kappa shape index (κ3) is 3.23. The molecule has 1 aromatic carbocycles. The molecule has 0 radical (unpaired) electrons. The molecule has 0 aliphatic rings. The summed E-state index contributed by atoms with van der Waals surface area (Å²) >= 11 is 3.28. The van der Waals surface area contributed by atoms with Gasteiger partial charge in [0.15, 0.2) is 0 Å². The molecule has 0 aromatic heterocycles. The Balaban J connectivity index is 2.97. The summed E-state index contributed by atoms with van der Waals surface area (Å²) in [5.74, 6) is -0.336. The summed E-state index contributed by atoms with van der Waals surface area (Å²) in [7, 11) is 0. The van der Waals surface area contributed by atoms with Crippen molar-refractivity contribution in [1.82, 2.24) is 5.32 Å². The molecule has 0 saturated heterocycles. The number of halogens is 1. The second-order valence-corrected chi connectivity index (χ2v) is 5.22. The monoisotopic (exact) mass is 314 g/mol. The predicted molar refractivity (Wildman–Crippen MR) is 75.6 cm³/mol. The molecule has 5 heteroatoms. The number of nitrogens with two attached hydrogens (primary N) is 1. The molecule has 0 unspecified atom stereocenters. The van der Waals surface area contributed by atoms with Crippen molar-refractivity contribution in [3.8, 4) is 5.75 Å². The second kappa shape index (κ2) is 6.20. The third-order valence-corrected chi connectivity index (χ3v) is 3.82. The highest BCUT2D eigenvalue weighted by atomic mass is 79.9. The minimum absolute atomic E-state index is 0.0335. The van der Waals surface area contributed by atoms with E-state index in [0.717, 1.165) is 17.3 Å². The number of carbonyl (C=O) groups excluding carboxylic acids is 1. The Kier molecular flexibility index (Phi) is 5.16. The van der Waals surface area contributed by atoms with Gasteiger partial charge >= 0.3 is 0 Å². The number of hydrogen-bond acceptors (Lipinski definition) is 3. The van der Waals surface area contributed by atoms with Crippen LogP contribution in [0.1, 0.15) is 37.0 Å². The molecule has 1 aromatic rings. The summed E-state index contributed by atoms with van der Waals surface area (Å²) in [6.45, 7) is 4.34. The van der Waals surface area contributed by atoms with Crippen molar-refractivity contribution in [3.05, 3.63) is 28.2 Å². The van der Waals surface area contributed by atoms with Gasteiger partial charge in [-0.2, -0.15) is 0 Å². The number of rotatable bonds is 5. The van der Waals surface area contributed by atoms with E-state index < -0.39 is 5.54 Å². The Morgan fingerprint density at radius 2 is 2.06 bits per heavy atom. The minimum atomic E-state index is -0.411. The Hall–Kier alpha value is -1.07. The summed E-state index contributed by atoms with van der Waals surface area (Å²) in [5.41, 5.74) is 5.58. The summed E-state index contributed by atoms with van der Waals surface area (Å²) < 4.78 is 0.747. The fraction of sp³-hybridized carbons (Fsp3) is 0.462. The maximum Gasteiger partial charge on any atom is 0.255 e. The molecule has 0 atom stereocenters. The number of phenols is 1. The second-order valence-electron chi connectivity index (χ2n) is 4.31. The highest BCUT2D eigenvalue weighted by molar-refractivity contribution is 9.10. The fourth-order valence-electron chi connectivity index (χ4n) is 1.76. The number of benzene rings is 1.